The normalized spacial score (nSPS) is 41.6. The first-order valence-corrected chi connectivity index (χ1v) is 7.16. The number of piperidine rings is 1. The molecule has 2 aliphatic rings. The molecule has 0 saturated carbocycles. The van der Waals surface area contributed by atoms with E-state index in [1.165, 1.54) is 25.8 Å². The quantitative estimate of drug-likeness (QED) is 0.815. The lowest BCUT2D eigenvalue weighted by Crippen LogP contribution is -2.54. The molecule has 5 unspecified atom stereocenters. The van der Waals surface area contributed by atoms with E-state index in [0.717, 1.165) is 12.5 Å². The van der Waals surface area contributed by atoms with Gasteiger partial charge in [-0.2, -0.15) is 0 Å². The largest absolute Gasteiger partial charge is 0.377 e. The molecule has 2 aliphatic heterocycles. The Morgan fingerprint density at radius 2 is 2.12 bits per heavy atom. The van der Waals surface area contributed by atoms with Crippen molar-refractivity contribution in [1.82, 2.24) is 10.2 Å². The lowest BCUT2D eigenvalue weighted by atomic mass is 9.89. The average Bonchev–Trinajstić information content (AvgIpc) is 2.79. The predicted octanol–water partition coefficient (Wildman–Crippen LogP) is 1.87. The van der Waals surface area contributed by atoms with Gasteiger partial charge in [0.2, 0.25) is 0 Å². The number of nitrogens with zero attached hydrogens (tertiary/aromatic N) is 1. The maximum Gasteiger partial charge on any atom is 0.0726 e. The van der Waals surface area contributed by atoms with E-state index in [-0.39, 0.29) is 0 Å². The van der Waals surface area contributed by atoms with Crippen LogP contribution in [-0.2, 0) is 4.74 Å². The van der Waals surface area contributed by atoms with Gasteiger partial charge in [-0.1, -0.05) is 6.92 Å². The minimum atomic E-state index is 0.442. The molecular weight excluding hydrogens is 212 g/mol. The second-order valence-electron chi connectivity index (χ2n) is 6.11. The predicted molar refractivity (Wildman–Crippen MR) is 71.2 cm³/mol. The zero-order valence-corrected chi connectivity index (χ0v) is 11.8. The third kappa shape index (κ3) is 3.21. The van der Waals surface area contributed by atoms with Gasteiger partial charge in [-0.15, -0.1) is 0 Å². The maximum atomic E-state index is 5.77. The standard InChI is InChI=1S/C14H28N2O/c1-10-9-16(4)11(2)8-13(10)15-12(3)14-6-5-7-17-14/h10-15H,5-9H2,1-4H3. The van der Waals surface area contributed by atoms with Crippen molar-refractivity contribution in [3.8, 4) is 0 Å². The Kier molecular flexibility index (Phi) is 4.45. The lowest BCUT2D eigenvalue weighted by molar-refractivity contribution is 0.0605. The van der Waals surface area contributed by atoms with Crippen LogP contribution in [-0.4, -0.2) is 49.3 Å². The van der Waals surface area contributed by atoms with Crippen LogP contribution in [0.2, 0.25) is 0 Å². The monoisotopic (exact) mass is 240 g/mol. The summed E-state index contributed by atoms with van der Waals surface area (Å²) >= 11 is 0. The van der Waals surface area contributed by atoms with Gasteiger partial charge in [-0.05, 0) is 46.1 Å². The van der Waals surface area contributed by atoms with Crippen molar-refractivity contribution in [3.63, 3.8) is 0 Å². The van der Waals surface area contributed by atoms with E-state index in [9.17, 15) is 0 Å². The molecule has 3 nitrogen and oxygen atoms in total. The van der Waals surface area contributed by atoms with Gasteiger partial charge in [0.1, 0.15) is 0 Å². The molecule has 2 rings (SSSR count). The Bertz CT molecular complexity index is 240. The Morgan fingerprint density at radius 3 is 2.76 bits per heavy atom. The molecule has 0 radical (unpaired) electrons. The number of rotatable bonds is 3. The summed E-state index contributed by atoms with van der Waals surface area (Å²) in [6.45, 7) is 9.14. The maximum absolute atomic E-state index is 5.77. The summed E-state index contributed by atoms with van der Waals surface area (Å²) < 4.78 is 5.77. The molecule has 0 spiro atoms. The van der Waals surface area contributed by atoms with Crippen molar-refractivity contribution >= 4 is 0 Å². The number of ether oxygens (including phenoxy) is 1. The molecule has 0 aliphatic carbocycles. The van der Waals surface area contributed by atoms with Gasteiger partial charge >= 0.3 is 0 Å². The summed E-state index contributed by atoms with van der Waals surface area (Å²) in [5.41, 5.74) is 0. The van der Waals surface area contributed by atoms with Crippen molar-refractivity contribution in [2.24, 2.45) is 5.92 Å². The number of hydrogen-bond donors (Lipinski definition) is 1. The zero-order chi connectivity index (χ0) is 12.4. The van der Waals surface area contributed by atoms with Crippen LogP contribution in [0.5, 0.6) is 0 Å². The van der Waals surface area contributed by atoms with Crippen LogP contribution in [0.3, 0.4) is 0 Å². The van der Waals surface area contributed by atoms with E-state index >= 15 is 0 Å². The highest BCUT2D eigenvalue weighted by molar-refractivity contribution is 4.89. The van der Waals surface area contributed by atoms with E-state index in [1.54, 1.807) is 0 Å². The fourth-order valence-electron chi connectivity index (χ4n) is 3.22. The summed E-state index contributed by atoms with van der Waals surface area (Å²) in [6.07, 6.45) is 4.16. The van der Waals surface area contributed by atoms with Crippen LogP contribution in [0.25, 0.3) is 0 Å². The highest BCUT2D eigenvalue weighted by atomic mass is 16.5. The first-order chi connectivity index (χ1) is 8.08. The van der Waals surface area contributed by atoms with Gasteiger partial charge in [0.05, 0.1) is 6.10 Å². The Hall–Kier alpha value is -0.120. The minimum absolute atomic E-state index is 0.442. The molecule has 2 heterocycles. The third-order valence-corrected chi connectivity index (χ3v) is 4.61. The van der Waals surface area contributed by atoms with Gasteiger partial charge in [0.15, 0.2) is 0 Å². The lowest BCUT2D eigenvalue weighted by Gasteiger charge is -2.41. The summed E-state index contributed by atoms with van der Waals surface area (Å²) in [5.74, 6) is 0.736. The highest BCUT2D eigenvalue weighted by Crippen LogP contribution is 2.23. The molecule has 0 aromatic carbocycles. The van der Waals surface area contributed by atoms with Crippen LogP contribution in [0.15, 0.2) is 0 Å². The van der Waals surface area contributed by atoms with Crippen molar-refractivity contribution in [1.29, 1.82) is 0 Å². The number of nitrogens with one attached hydrogen (secondary N) is 1. The molecule has 0 aromatic heterocycles. The molecule has 2 fully saturated rings. The first-order valence-electron chi connectivity index (χ1n) is 7.16. The van der Waals surface area contributed by atoms with Gasteiger partial charge in [-0.3, -0.25) is 0 Å². The molecule has 5 atom stereocenters. The van der Waals surface area contributed by atoms with Gasteiger partial charge in [0, 0.05) is 31.3 Å². The molecule has 3 heteroatoms. The molecule has 0 aromatic rings. The smallest absolute Gasteiger partial charge is 0.0726 e. The fourth-order valence-corrected chi connectivity index (χ4v) is 3.22. The zero-order valence-electron chi connectivity index (χ0n) is 11.8. The Labute approximate surface area is 106 Å². The molecule has 1 N–H and O–H groups in total. The fraction of sp³-hybridized carbons (Fsp3) is 1.00. The van der Waals surface area contributed by atoms with E-state index in [0.29, 0.717) is 24.2 Å². The first kappa shape index (κ1) is 13.3. The van der Waals surface area contributed by atoms with Crippen LogP contribution in [0.1, 0.15) is 40.0 Å². The average molecular weight is 240 g/mol. The second kappa shape index (κ2) is 5.68. The van der Waals surface area contributed by atoms with E-state index < -0.39 is 0 Å². The van der Waals surface area contributed by atoms with E-state index in [1.807, 2.05) is 0 Å². The molecule has 100 valence electrons. The summed E-state index contributed by atoms with van der Waals surface area (Å²) in [6, 6.07) is 1.85. The van der Waals surface area contributed by atoms with Gasteiger partial charge in [-0.25, -0.2) is 0 Å². The summed E-state index contributed by atoms with van der Waals surface area (Å²) in [5, 5.41) is 3.81. The van der Waals surface area contributed by atoms with Crippen LogP contribution in [0, 0.1) is 5.92 Å². The van der Waals surface area contributed by atoms with E-state index in [2.05, 4.69) is 38.0 Å². The van der Waals surface area contributed by atoms with Crippen molar-refractivity contribution in [2.45, 2.75) is 64.3 Å². The summed E-state index contributed by atoms with van der Waals surface area (Å²) in [7, 11) is 2.24. The molecule has 17 heavy (non-hydrogen) atoms. The third-order valence-electron chi connectivity index (χ3n) is 4.61. The SMILES string of the molecule is CC1CN(C)C(C)CC1NC(C)C1CCCO1. The van der Waals surface area contributed by atoms with E-state index in [4.69, 9.17) is 4.74 Å². The topological polar surface area (TPSA) is 24.5 Å². The molecular formula is C14H28N2O. The van der Waals surface area contributed by atoms with Crippen molar-refractivity contribution < 1.29 is 4.74 Å². The Morgan fingerprint density at radius 1 is 1.35 bits per heavy atom. The van der Waals surface area contributed by atoms with Crippen LogP contribution < -0.4 is 5.32 Å². The molecule has 2 saturated heterocycles. The number of likely N-dealkylation sites (tertiary alicyclic amines) is 1. The minimum Gasteiger partial charge on any atom is -0.377 e. The Balaban J connectivity index is 1.84. The number of hydrogen-bond acceptors (Lipinski definition) is 3. The molecule has 0 bridgehead atoms. The summed E-state index contributed by atoms with van der Waals surface area (Å²) in [4.78, 5) is 2.47. The second-order valence-corrected chi connectivity index (χ2v) is 6.11. The van der Waals surface area contributed by atoms with Crippen LogP contribution in [0.4, 0.5) is 0 Å². The highest BCUT2D eigenvalue weighted by Gasteiger charge is 2.31. The van der Waals surface area contributed by atoms with Gasteiger partial charge < -0.3 is 15.0 Å². The van der Waals surface area contributed by atoms with Crippen molar-refractivity contribution in [3.05, 3.63) is 0 Å². The van der Waals surface area contributed by atoms with Gasteiger partial charge in [0.25, 0.3) is 0 Å². The molecule has 0 amide bonds. The van der Waals surface area contributed by atoms with Crippen molar-refractivity contribution in [2.75, 3.05) is 20.2 Å². The van der Waals surface area contributed by atoms with Crippen LogP contribution >= 0.6 is 0 Å².